The van der Waals surface area contributed by atoms with Gasteiger partial charge in [0.1, 0.15) is 0 Å². The number of aromatic nitrogens is 1. The van der Waals surface area contributed by atoms with Crippen LogP contribution >= 0.6 is 0 Å². The van der Waals surface area contributed by atoms with Crippen LogP contribution in [0.4, 0.5) is 0 Å². The van der Waals surface area contributed by atoms with E-state index in [4.69, 9.17) is 4.74 Å². The highest BCUT2D eigenvalue weighted by Gasteiger charge is 2.29. The highest BCUT2D eigenvalue weighted by atomic mass is 16.5. The lowest BCUT2D eigenvalue weighted by Gasteiger charge is -2.34. The van der Waals surface area contributed by atoms with Crippen molar-refractivity contribution in [3.8, 4) is 5.88 Å². The van der Waals surface area contributed by atoms with Gasteiger partial charge in [0.05, 0.1) is 13.2 Å². The summed E-state index contributed by atoms with van der Waals surface area (Å²) in [6.45, 7) is 4.62. The van der Waals surface area contributed by atoms with Crippen LogP contribution < -0.4 is 4.74 Å². The van der Waals surface area contributed by atoms with Gasteiger partial charge in [-0.25, -0.2) is 4.98 Å². The molecule has 19 heavy (non-hydrogen) atoms. The first-order valence-corrected chi connectivity index (χ1v) is 7.27. The second-order valence-corrected chi connectivity index (χ2v) is 6.01. The summed E-state index contributed by atoms with van der Waals surface area (Å²) in [5.74, 6) is 2.58. The molecule has 0 aromatic carbocycles. The monoisotopic (exact) mass is 263 g/mol. The molecule has 0 amide bonds. The molecule has 106 valence electrons. The molecule has 0 saturated heterocycles. The van der Waals surface area contributed by atoms with Crippen molar-refractivity contribution in [2.24, 2.45) is 17.8 Å². The van der Waals surface area contributed by atoms with E-state index in [0.717, 1.165) is 30.2 Å². The summed E-state index contributed by atoms with van der Waals surface area (Å²) >= 11 is 0. The number of pyridine rings is 1. The standard InChI is InChI=1S/C16H25NO2/c1-11-4-6-14(8-12(11)2)15(18)9-13-5-7-16(19-3)17-10-13/h5,7,10-12,14-15,18H,4,6,8-9H2,1-3H3. The number of nitrogens with zero attached hydrogens (tertiary/aromatic N) is 1. The third-order valence-electron chi connectivity index (χ3n) is 4.63. The molecule has 1 aromatic heterocycles. The van der Waals surface area contributed by atoms with Crippen LogP contribution in [0.2, 0.25) is 0 Å². The molecule has 0 radical (unpaired) electrons. The third-order valence-corrected chi connectivity index (χ3v) is 4.63. The quantitative estimate of drug-likeness (QED) is 0.907. The molecule has 1 saturated carbocycles. The lowest BCUT2D eigenvalue weighted by atomic mass is 9.73. The van der Waals surface area contributed by atoms with E-state index in [1.165, 1.54) is 6.42 Å². The fraction of sp³-hybridized carbons (Fsp3) is 0.688. The van der Waals surface area contributed by atoms with E-state index < -0.39 is 0 Å². The van der Waals surface area contributed by atoms with Crippen LogP contribution in [0, 0.1) is 17.8 Å². The van der Waals surface area contributed by atoms with Gasteiger partial charge in [-0.1, -0.05) is 26.3 Å². The Morgan fingerprint density at radius 3 is 2.68 bits per heavy atom. The maximum atomic E-state index is 10.4. The first-order chi connectivity index (χ1) is 9.10. The molecule has 0 bridgehead atoms. The van der Waals surface area contributed by atoms with Gasteiger partial charge >= 0.3 is 0 Å². The van der Waals surface area contributed by atoms with Crippen LogP contribution in [0.25, 0.3) is 0 Å². The van der Waals surface area contributed by atoms with Crippen molar-refractivity contribution in [3.05, 3.63) is 23.9 Å². The first kappa shape index (κ1) is 14.3. The number of aliphatic hydroxyl groups is 1. The third kappa shape index (κ3) is 3.69. The van der Waals surface area contributed by atoms with Crippen LogP contribution in [-0.2, 0) is 6.42 Å². The topological polar surface area (TPSA) is 42.4 Å². The average molecular weight is 263 g/mol. The molecule has 1 N–H and O–H groups in total. The highest BCUT2D eigenvalue weighted by molar-refractivity contribution is 5.18. The predicted molar refractivity (Wildman–Crippen MR) is 76.2 cm³/mol. The second-order valence-electron chi connectivity index (χ2n) is 6.01. The minimum atomic E-state index is -0.245. The van der Waals surface area contributed by atoms with Crippen LogP contribution in [0.1, 0.15) is 38.7 Å². The number of methoxy groups -OCH3 is 1. The molecule has 0 spiro atoms. The highest BCUT2D eigenvalue weighted by Crippen LogP contribution is 2.35. The van der Waals surface area contributed by atoms with Gasteiger partial charge in [-0.15, -0.1) is 0 Å². The molecule has 4 atom stereocenters. The lowest BCUT2D eigenvalue weighted by Crippen LogP contribution is -2.30. The summed E-state index contributed by atoms with van der Waals surface area (Å²) in [6, 6.07) is 3.84. The SMILES string of the molecule is COc1ccc(CC(O)C2CCC(C)C(C)C2)cn1. The molecule has 3 heteroatoms. The van der Waals surface area contributed by atoms with Gasteiger partial charge < -0.3 is 9.84 Å². The normalized spacial score (nSPS) is 28.9. The van der Waals surface area contributed by atoms with Gasteiger partial charge in [0.2, 0.25) is 5.88 Å². The molecule has 1 aliphatic carbocycles. The van der Waals surface area contributed by atoms with Crippen LogP contribution in [0.3, 0.4) is 0 Å². The number of ether oxygens (including phenoxy) is 1. The zero-order chi connectivity index (χ0) is 13.8. The minimum absolute atomic E-state index is 0.245. The molecular formula is C16H25NO2. The van der Waals surface area contributed by atoms with Gasteiger partial charge in [0.15, 0.2) is 0 Å². The van der Waals surface area contributed by atoms with Crippen molar-refractivity contribution in [1.82, 2.24) is 4.98 Å². The summed E-state index contributed by atoms with van der Waals surface area (Å²) < 4.78 is 5.04. The Labute approximate surface area is 116 Å². The maximum absolute atomic E-state index is 10.4. The van der Waals surface area contributed by atoms with Gasteiger partial charge in [-0.3, -0.25) is 0 Å². The molecule has 0 aliphatic heterocycles. The largest absolute Gasteiger partial charge is 0.481 e. The first-order valence-electron chi connectivity index (χ1n) is 7.27. The number of hydrogen-bond donors (Lipinski definition) is 1. The van der Waals surface area contributed by atoms with E-state index in [-0.39, 0.29) is 6.10 Å². The van der Waals surface area contributed by atoms with Crippen molar-refractivity contribution in [1.29, 1.82) is 0 Å². The Morgan fingerprint density at radius 2 is 2.11 bits per heavy atom. The Balaban J connectivity index is 1.91. The van der Waals surface area contributed by atoms with Gasteiger partial charge in [-0.2, -0.15) is 0 Å². The zero-order valence-electron chi connectivity index (χ0n) is 12.2. The van der Waals surface area contributed by atoms with Crippen molar-refractivity contribution >= 4 is 0 Å². The Hall–Kier alpha value is -1.09. The number of rotatable bonds is 4. The summed E-state index contributed by atoms with van der Waals surface area (Å²) in [4.78, 5) is 4.19. The van der Waals surface area contributed by atoms with E-state index in [1.807, 2.05) is 12.1 Å². The Kier molecular flexibility index (Phi) is 4.81. The van der Waals surface area contributed by atoms with Crippen molar-refractivity contribution in [2.45, 2.75) is 45.6 Å². The van der Waals surface area contributed by atoms with Crippen molar-refractivity contribution < 1.29 is 9.84 Å². The Morgan fingerprint density at radius 1 is 1.32 bits per heavy atom. The second kappa shape index (κ2) is 6.38. The number of hydrogen-bond acceptors (Lipinski definition) is 3. The molecule has 3 nitrogen and oxygen atoms in total. The zero-order valence-corrected chi connectivity index (χ0v) is 12.2. The molecule has 4 unspecified atom stereocenters. The van der Waals surface area contributed by atoms with Crippen LogP contribution in [0.15, 0.2) is 18.3 Å². The molecule has 1 aliphatic rings. The van der Waals surface area contributed by atoms with Crippen molar-refractivity contribution in [3.63, 3.8) is 0 Å². The lowest BCUT2D eigenvalue weighted by molar-refractivity contribution is 0.0570. The van der Waals surface area contributed by atoms with E-state index >= 15 is 0 Å². The average Bonchev–Trinajstić information content (AvgIpc) is 2.42. The fourth-order valence-electron chi connectivity index (χ4n) is 3.00. The smallest absolute Gasteiger partial charge is 0.212 e. The summed E-state index contributed by atoms with van der Waals surface area (Å²) in [5.41, 5.74) is 1.08. The number of aliphatic hydroxyl groups excluding tert-OH is 1. The summed E-state index contributed by atoms with van der Waals surface area (Å²) in [6.07, 6.45) is 5.79. The molecule has 1 aromatic rings. The fourth-order valence-corrected chi connectivity index (χ4v) is 3.00. The molecule has 2 rings (SSSR count). The van der Waals surface area contributed by atoms with Gasteiger partial charge in [0.25, 0.3) is 0 Å². The predicted octanol–water partition coefficient (Wildman–Crippen LogP) is 3.07. The summed E-state index contributed by atoms with van der Waals surface area (Å²) in [5, 5.41) is 10.4. The van der Waals surface area contributed by atoms with E-state index in [9.17, 15) is 5.11 Å². The van der Waals surface area contributed by atoms with Gasteiger partial charge in [-0.05, 0) is 36.2 Å². The minimum Gasteiger partial charge on any atom is -0.481 e. The van der Waals surface area contributed by atoms with Crippen LogP contribution in [0.5, 0.6) is 5.88 Å². The maximum Gasteiger partial charge on any atom is 0.212 e. The van der Waals surface area contributed by atoms with Crippen LogP contribution in [-0.4, -0.2) is 23.3 Å². The van der Waals surface area contributed by atoms with E-state index in [0.29, 0.717) is 18.2 Å². The summed E-state index contributed by atoms with van der Waals surface area (Å²) in [7, 11) is 1.61. The molecule has 1 fully saturated rings. The molecular weight excluding hydrogens is 238 g/mol. The van der Waals surface area contributed by atoms with Gasteiger partial charge in [0, 0.05) is 18.7 Å². The molecule has 1 heterocycles. The van der Waals surface area contributed by atoms with E-state index in [2.05, 4.69) is 18.8 Å². The van der Waals surface area contributed by atoms with Crippen molar-refractivity contribution in [2.75, 3.05) is 7.11 Å². The Bertz CT molecular complexity index is 390. The van der Waals surface area contributed by atoms with E-state index in [1.54, 1.807) is 13.3 Å².